The van der Waals surface area contributed by atoms with Gasteiger partial charge in [-0.15, -0.1) is 11.3 Å². The second-order valence-corrected chi connectivity index (χ2v) is 7.04. The molecule has 0 fully saturated rings. The molecule has 0 aliphatic rings. The van der Waals surface area contributed by atoms with Crippen LogP contribution in [-0.2, 0) is 0 Å². The third-order valence-corrected chi connectivity index (χ3v) is 4.90. The number of carbonyl (C=O) groups is 1. The number of hydrogen-bond donors (Lipinski definition) is 2. The lowest BCUT2D eigenvalue weighted by molar-refractivity contribution is 0.102. The molecule has 7 heteroatoms. The first kappa shape index (κ1) is 17.1. The summed E-state index contributed by atoms with van der Waals surface area (Å²) in [4.78, 5) is 21.3. The Morgan fingerprint density at radius 1 is 1.04 bits per heavy atom. The average molecular weight is 375 g/mol. The quantitative estimate of drug-likeness (QED) is 0.551. The fourth-order valence-electron chi connectivity index (χ4n) is 2.61. The van der Waals surface area contributed by atoms with Gasteiger partial charge in [0.15, 0.2) is 5.82 Å². The van der Waals surface area contributed by atoms with Crippen molar-refractivity contribution in [1.82, 2.24) is 20.2 Å². The number of thiazole rings is 1. The van der Waals surface area contributed by atoms with E-state index in [2.05, 4.69) is 25.5 Å². The van der Waals surface area contributed by atoms with E-state index in [0.717, 1.165) is 22.0 Å². The number of hydrogen-bond acceptors (Lipinski definition) is 5. The Morgan fingerprint density at radius 3 is 2.59 bits per heavy atom. The molecule has 2 aromatic heterocycles. The Bertz CT molecular complexity index is 1100. The summed E-state index contributed by atoms with van der Waals surface area (Å²) in [5.74, 6) is 1.09. The number of aromatic nitrogens is 4. The highest BCUT2D eigenvalue weighted by Gasteiger charge is 2.13. The molecular formula is C20H17N5OS. The molecule has 0 unspecified atom stereocenters. The summed E-state index contributed by atoms with van der Waals surface area (Å²) in [5, 5.41) is 12.4. The SMILES string of the molecule is Cc1ccc(-c2nc(C(=O)Nc3cccc(-c4n[nH]c(C)n4)c3)cs2)cc1. The van der Waals surface area contributed by atoms with Crippen LogP contribution in [0.4, 0.5) is 5.69 Å². The van der Waals surface area contributed by atoms with Crippen LogP contribution < -0.4 is 5.32 Å². The molecule has 0 saturated carbocycles. The highest BCUT2D eigenvalue weighted by atomic mass is 32.1. The Kier molecular flexibility index (Phi) is 4.52. The lowest BCUT2D eigenvalue weighted by atomic mass is 10.2. The summed E-state index contributed by atoms with van der Waals surface area (Å²) in [6.45, 7) is 3.88. The van der Waals surface area contributed by atoms with E-state index in [1.807, 2.05) is 62.4 Å². The summed E-state index contributed by atoms with van der Waals surface area (Å²) >= 11 is 1.45. The van der Waals surface area contributed by atoms with Crippen molar-refractivity contribution < 1.29 is 4.79 Å². The smallest absolute Gasteiger partial charge is 0.275 e. The largest absolute Gasteiger partial charge is 0.321 e. The van der Waals surface area contributed by atoms with Gasteiger partial charge in [-0.2, -0.15) is 5.10 Å². The molecule has 134 valence electrons. The van der Waals surface area contributed by atoms with E-state index in [1.54, 1.807) is 5.38 Å². The van der Waals surface area contributed by atoms with Gasteiger partial charge in [-0.1, -0.05) is 42.0 Å². The van der Waals surface area contributed by atoms with E-state index in [9.17, 15) is 4.79 Å². The van der Waals surface area contributed by atoms with Crippen LogP contribution in [0.1, 0.15) is 21.9 Å². The number of nitrogens with one attached hydrogen (secondary N) is 2. The third-order valence-electron chi connectivity index (χ3n) is 4.01. The first-order chi connectivity index (χ1) is 13.1. The number of rotatable bonds is 4. The van der Waals surface area contributed by atoms with Crippen molar-refractivity contribution in [1.29, 1.82) is 0 Å². The van der Waals surface area contributed by atoms with E-state index >= 15 is 0 Å². The summed E-state index contributed by atoms with van der Waals surface area (Å²) < 4.78 is 0. The zero-order chi connectivity index (χ0) is 18.8. The number of benzene rings is 2. The predicted octanol–water partition coefficient (Wildman–Crippen LogP) is 4.46. The number of aromatic amines is 1. The van der Waals surface area contributed by atoms with E-state index < -0.39 is 0 Å². The number of carbonyl (C=O) groups excluding carboxylic acids is 1. The number of H-pyrrole nitrogens is 1. The van der Waals surface area contributed by atoms with E-state index in [-0.39, 0.29) is 5.91 Å². The molecule has 0 aliphatic carbocycles. The summed E-state index contributed by atoms with van der Waals surface area (Å²) in [7, 11) is 0. The van der Waals surface area contributed by atoms with Crippen molar-refractivity contribution >= 4 is 22.9 Å². The molecule has 2 aromatic carbocycles. The minimum Gasteiger partial charge on any atom is -0.321 e. The standard InChI is InChI=1S/C20H17N5OS/c1-12-6-8-14(9-7-12)20-23-17(11-27-20)19(26)22-16-5-3-4-15(10-16)18-21-13(2)24-25-18/h3-11H,1-2H3,(H,22,26)(H,21,24,25). The van der Waals surface area contributed by atoms with Crippen molar-refractivity contribution in [3.8, 4) is 22.0 Å². The summed E-state index contributed by atoms with van der Waals surface area (Å²) in [5.41, 5.74) is 4.09. The number of nitrogens with zero attached hydrogens (tertiary/aromatic N) is 3. The minimum atomic E-state index is -0.243. The zero-order valence-corrected chi connectivity index (χ0v) is 15.7. The minimum absolute atomic E-state index is 0.243. The van der Waals surface area contributed by atoms with Crippen LogP contribution in [0.5, 0.6) is 0 Å². The van der Waals surface area contributed by atoms with E-state index in [1.165, 1.54) is 16.9 Å². The maximum atomic E-state index is 12.6. The zero-order valence-electron chi connectivity index (χ0n) is 14.9. The Hall–Kier alpha value is -3.32. The van der Waals surface area contributed by atoms with Crippen molar-refractivity contribution in [3.63, 3.8) is 0 Å². The fraction of sp³-hybridized carbons (Fsp3) is 0.100. The molecule has 0 spiro atoms. The van der Waals surface area contributed by atoms with Gasteiger partial charge in [0.1, 0.15) is 16.5 Å². The first-order valence-electron chi connectivity index (χ1n) is 8.42. The molecule has 27 heavy (non-hydrogen) atoms. The number of amides is 1. The molecule has 0 atom stereocenters. The number of aryl methyl sites for hydroxylation is 2. The second-order valence-electron chi connectivity index (χ2n) is 6.18. The molecule has 0 bridgehead atoms. The Morgan fingerprint density at radius 2 is 1.85 bits per heavy atom. The second kappa shape index (κ2) is 7.13. The van der Waals surface area contributed by atoms with Gasteiger partial charge in [0.05, 0.1) is 0 Å². The van der Waals surface area contributed by atoms with E-state index in [0.29, 0.717) is 17.2 Å². The van der Waals surface area contributed by atoms with Gasteiger partial charge < -0.3 is 5.32 Å². The van der Waals surface area contributed by atoms with Crippen molar-refractivity contribution in [2.45, 2.75) is 13.8 Å². The average Bonchev–Trinajstić information content (AvgIpc) is 3.32. The molecule has 0 aliphatic heterocycles. The monoisotopic (exact) mass is 375 g/mol. The maximum Gasteiger partial charge on any atom is 0.275 e. The van der Waals surface area contributed by atoms with Crippen LogP contribution in [0.3, 0.4) is 0 Å². The molecular weight excluding hydrogens is 358 g/mol. The van der Waals surface area contributed by atoms with Gasteiger partial charge in [-0.3, -0.25) is 9.89 Å². The molecule has 2 N–H and O–H groups in total. The van der Waals surface area contributed by atoms with Gasteiger partial charge in [0, 0.05) is 22.2 Å². The van der Waals surface area contributed by atoms with Crippen LogP contribution in [0.15, 0.2) is 53.9 Å². The van der Waals surface area contributed by atoms with Crippen molar-refractivity contribution in [2.24, 2.45) is 0 Å². The summed E-state index contributed by atoms with van der Waals surface area (Å²) in [6, 6.07) is 15.5. The van der Waals surface area contributed by atoms with Crippen molar-refractivity contribution in [3.05, 3.63) is 71.0 Å². The first-order valence-corrected chi connectivity index (χ1v) is 9.30. The molecule has 6 nitrogen and oxygen atoms in total. The van der Waals surface area contributed by atoms with Crippen LogP contribution in [0.2, 0.25) is 0 Å². The van der Waals surface area contributed by atoms with Gasteiger partial charge >= 0.3 is 0 Å². The lowest BCUT2D eigenvalue weighted by Gasteiger charge is -2.04. The molecule has 4 aromatic rings. The predicted molar refractivity (Wildman–Crippen MR) is 107 cm³/mol. The highest BCUT2D eigenvalue weighted by molar-refractivity contribution is 7.13. The fourth-order valence-corrected chi connectivity index (χ4v) is 3.42. The van der Waals surface area contributed by atoms with E-state index in [4.69, 9.17) is 0 Å². The maximum absolute atomic E-state index is 12.6. The Labute approximate surface area is 160 Å². The molecule has 2 heterocycles. The van der Waals surface area contributed by atoms with Gasteiger partial charge in [0.25, 0.3) is 5.91 Å². The normalized spacial score (nSPS) is 10.7. The lowest BCUT2D eigenvalue weighted by Crippen LogP contribution is -2.12. The highest BCUT2D eigenvalue weighted by Crippen LogP contribution is 2.25. The van der Waals surface area contributed by atoms with Crippen LogP contribution in [0, 0.1) is 13.8 Å². The number of anilines is 1. The topological polar surface area (TPSA) is 83.6 Å². The van der Waals surface area contributed by atoms with Gasteiger partial charge in [0.2, 0.25) is 0 Å². The molecule has 0 radical (unpaired) electrons. The van der Waals surface area contributed by atoms with Crippen LogP contribution in [-0.4, -0.2) is 26.1 Å². The van der Waals surface area contributed by atoms with Crippen LogP contribution >= 0.6 is 11.3 Å². The molecule has 1 amide bonds. The molecule has 4 rings (SSSR count). The molecule has 0 saturated heterocycles. The summed E-state index contributed by atoms with van der Waals surface area (Å²) in [6.07, 6.45) is 0. The van der Waals surface area contributed by atoms with Gasteiger partial charge in [-0.05, 0) is 26.0 Å². The Balaban J connectivity index is 1.52. The van der Waals surface area contributed by atoms with Crippen LogP contribution in [0.25, 0.3) is 22.0 Å². The third kappa shape index (κ3) is 3.78. The van der Waals surface area contributed by atoms with Gasteiger partial charge in [-0.25, -0.2) is 9.97 Å². The van der Waals surface area contributed by atoms with Crippen molar-refractivity contribution in [2.75, 3.05) is 5.32 Å².